The maximum atomic E-state index is 11.9. The van der Waals surface area contributed by atoms with Gasteiger partial charge in [0.1, 0.15) is 5.75 Å². The molecule has 0 aromatic heterocycles. The van der Waals surface area contributed by atoms with Crippen molar-refractivity contribution in [3.05, 3.63) is 29.8 Å². The van der Waals surface area contributed by atoms with Gasteiger partial charge in [-0.1, -0.05) is 26.0 Å². The lowest BCUT2D eigenvalue weighted by atomic mass is 10.0. The number of amides is 1. The molecule has 0 fully saturated rings. The van der Waals surface area contributed by atoms with Gasteiger partial charge in [-0.05, 0) is 37.0 Å². The summed E-state index contributed by atoms with van der Waals surface area (Å²) < 4.78 is 5.10. The first kappa shape index (κ1) is 15.5. The summed E-state index contributed by atoms with van der Waals surface area (Å²) in [4.78, 5) is 11.9. The highest BCUT2D eigenvalue weighted by Crippen LogP contribution is 2.17. The molecule has 0 aliphatic rings. The SMILES string of the molecule is COc1ccc(C(C)NC(=O)C(N)CC(C)C)cc1. The molecule has 0 saturated carbocycles. The molecule has 2 unspecified atom stereocenters. The number of nitrogens with one attached hydrogen (secondary N) is 1. The molecule has 3 N–H and O–H groups in total. The van der Waals surface area contributed by atoms with E-state index in [9.17, 15) is 4.79 Å². The fourth-order valence-corrected chi connectivity index (χ4v) is 1.91. The Morgan fingerprint density at radius 1 is 1.26 bits per heavy atom. The molecule has 0 aliphatic heterocycles. The molecule has 0 aliphatic carbocycles. The quantitative estimate of drug-likeness (QED) is 0.828. The van der Waals surface area contributed by atoms with Crippen molar-refractivity contribution in [2.24, 2.45) is 11.7 Å². The van der Waals surface area contributed by atoms with Gasteiger partial charge < -0.3 is 15.8 Å². The van der Waals surface area contributed by atoms with Crippen molar-refractivity contribution in [1.29, 1.82) is 0 Å². The van der Waals surface area contributed by atoms with Gasteiger partial charge in [0.05, 0.1) is 19.2 Å². The van der Waals surface area contributed by atoms with Crippen LogP contribution < -0.4 is 15.8 Å². The van der Waals surface area contributed by atoms with E-state index in [1.54, 1.807) is 7.11 Å². The van der Waals surface area contributed by atoms with E-state index in [0.717, 1.165) is 11.3 Å². The predicted octanol–water partition coefficient (Wildman–Crippen LogP) is 2.25. The summed E-state index contributed by atoms with van der Waals surface area (Å²) in [7, 11) is 1.63. The largest absolute Gasteiger partial charge is 0.497 e. The molecular formula is C15H24N2O2. The topological polar surface area (TPSA) is 64.3 Å². The zero-order valence-electron chi connectivity index (χ0n) is 12.1. The summed E-state index contributed by atoms with van der Waals surface area (Å²) in [5, 5.41) is 2.93. The first-order valence-electron chi connectivity index (χ1n) is 6.64. The van der Waals surface area contributed by atoms with Crippen molar-refractivity contribution in [2.45, 2.75) is 39.3 Å². The molecule has 0 spiro atoms. The Labute approximate surface area is 115 Å². The molecule has 4 heteroatoms. The van der Waals surface area contributed by atoms with Crippen molar-refractivity contribution in [2.75, 3.05) is 7.11 Å². The molecule has 106 valence electrons. The number of hydrogen-bond acceptors (Lipinski definition) is 3. The predicted molar refractivity (Wildman–Crippen MR) is 77.0 cm³/mol. The Morgan fingerprint density at radius 2 is 1.84 bits per heavy atom. The number of rotatable bonds is 6. The van der Waals surface area contributed by atoms with E-state index < -0.39 is 6.04 Å². The Balaban J connectivity index is 2.57. The fourth-order valence-electron chi connectivity index (χ4n) is 1.91. The van der Waals surface area contributed by atoms with E-state index in [1.165, 1.54) is 0 Å². The van der Waals surface area contributed by atoms with Crippen LogP contribution in [0.3, 0.4) is 0 Å². The van der Waals surface area contributed by atoms with Gasteiger partial charge in [0.25, 0.3) is 0 Å². The van der Waals surface area contributed by atoms with Crippen LogP contribution in [0.2, 0.25) is 0 Å². The van der Waals surface area contributed by atoms with Gasteiger partial charge in [-0.3, -0.25) is 4.79 Å². The molecule has 0 radical (unpaired) electrons. The number of benzene rings is 1. The highest BCUT2D eigenvalue weighted by atomic mass is 16.5. The third-order valence-electron chi connectivity index (χ3n) is 3.04. The lowest BCUT2D eigenvalue weighted by Crippen LogP contribution is -2.42. The van der Waals surface area contributed by atoms with E-state index in [0.29, 0.717) is 12.3 Å². The van der Waals surface area contributed by atoms with E-state index in [2.05, 4.69) is 19.2 Å². The van der Waals surface area contributed by atoms with Crippen LogP contribution in [0.25, 0.3) is 0 Å². The number of nitrogens with two attached hydrogens (primary N) is 1. The Hall–Kier alpha value is -1.55. The minimum Gasteiger partial charge on any atom is -0.497 e. The molecule has 19 heavy (non-hydrogen) atoms. The van der Waals surface area contributed by atoms with Crippen LogP contribution in [0.5, 0.6) is 5.75 Å². The van der Waals surface area contributed by atoms with Crippen LogP contribution in [-0.4, -0.2) is 19.1 Å². The molecule has 4 nitrogen and oxygen atoms in total. The van der Waals surface area contributed by atoms with Crippen LogP contribution >= 0.6 is 0 Å². The average molecular weight is 264 g/mol. The molecule has 0 heterocycles. The maximum Gasteiger partial charge on any atom is 0.237 e. The Bertz CT molecular complexity index is 401. The second-order valence-electron chi connectivity index (χ2n) is 5.24. The molecule has 2 atom stereocenters. The highest BCUT2D eigenvalue weighted by molar-refractivity contribution is 5.81. The van der Waals surface area contributed by atoms with Crippen LogP contribution in [0.1, 0.15) is 38.8 Å². The third-order valence-corrected chi connectivity index (χ3v) is 3.04. The summed E-state index contributed by atoms with van der Waals surface area (Å²) in [6.07, 6.45) is 0.696. The minimum absolute atomic E-state index is 0.0587. The van der Waals surface area contributed by atoms with Crippen molar-refractivity contribution >= 4 is 5.91 Å². The van der Waals surface area contributed by atoms with Crippen molar-refractivity contribution in [3.63, 3.8) is 0 Å². The summed E-state index contributed by atoms with van der Waals surface area (Å²) >= 11 is 0. The first-order chi connectivity index (χ1) is 8.93. The number of hydrogen-bond donors (Lipinski definition) is 2. The highest BCUT2D eigenvalue weighted by Gasteiger charge is 2.17. The second-order valence-corrected chi connectivity index (χ2v) is 5.24. The van der Waals surface area contributed by atoms with E-state index in [1.807, 2.05) is 31.2 Å². The van der Waals surface area contributed by atoms with E-state index >= 15 is 0 Å². The number of ether oxygens (including phenoxy) is 1. The lowest BCUT2D eigenvalue weighted by Gasteiger charge is -2.19. The normalized spacial score (nSPS) is 14.0. The summed E-state index contributed by atoms with van der Waals surface area (Å²) in [5.41, 5.74) is 6.89. The first-order valence-corrected chi connectivity index (χ1v) is 6.64. The Morgan fingerprint density at radius 3 is 2.32 bits per heavy atom. The van der Waals surface area contributed by atoms with Crippen LogP contribution in [0.4, 0.5) is 0 Å². The van der Waals surface area contributed by atoms with Crippen LogP contribution in [-0.2, 0) is 4.79 Å². The molecule has 1 aromatic rings. The molecule has 1 aromatic carbocycles. The smallest absolute Gasteiger partial charge is 0.237 e. The van der Waals surface area contributed by atoms with E-state index in [-0.39, 0.29) is 11.9 Å². The summed E-state index contributed by atoms with van der Waals surface area (Å²) in [6, 6.07) is 7.14. The van der Waals surface area contributed by atoms with Crippen LogP contribution in [0.15, 0.2) is 24.3 Å². The fraction of sp³-hybridized carbons (Fsp3) is 0.533. The molecule has 1 amide bonds. The van der Waals surface area contributed by atoms with Gasteiger partial charge in [-0.15, -0.1) is 0 Å². The number of carbonyl (C=O) groups excluding carboxylic acids is 1. The number of carbonyl (C=O) groups is 1. The van der Waals surface area contributed by atoms with Gasteiger partial charge in [0, 0.05) is 0 Å². The lowest BCUT2D eigenvalue weighted by molar-refractivity contribution is -0.123. The maximum absolute atomic E-state index is 11.9. The summed E-state index contributed by atoms with van der Waals surface area (Å²) in [5.74, 6) is 1.12. The van der Waals surface area contributed by atoms with E-state index in [4.69, 9.17) is 10.5 Å². The zero-order chi connectivity index (χ0) is 14.4. The Kier molecular flexibility index (Phi) is 5.83. The zero-order valence-corrected chi connectivity index (χ0v) is 12.1. The monoisotopic (exact) mass is 264 g/mol. The molecular weight excluding hydrogens is 240 g/mol. The van der Waals surface area contributed by atoms with Gasteiger partial charge in [-0.25, -0.2) is 0 Å². The molecule has 0 saturated heterocycles. The second kappa shape index (κ2) is 7.14. The summed E-state index contributed by atoms with van der Waals surface area (Å²) in [6.45, 7) is 6.06. The van der Waals surface area contributed by atoms with Crippen molar-refractivity contribution in [1.82, 2.24) is 5.32 Å². The number of methoxy groups -OCH3 is 1. The van der Waals surface area contributed by atoms with Crippen molar-refractivity contribution in [3.8, 4) is 5.75 Å². The van der Waals surface area contributed by atoms with Gasteiger partial charge in [0.2, 0.25) is 5.91 Å². The van der Waals surface area contributed by atoms with Crippen LogP contribution in [0, 0.1) is 5.92 Å². The van der Waals surface area contributed by atoms with Gasteiger partial charge >= 0.3 is 0 Å². The van der Waals surface area contributed by atoms with Crippen molar-refractivity contribution < 1.29 is 9.53 Å². The molecule has 0 bridgehead atoms. The van der Waals surface area contributed by atoms with Gasteiger partial charge in [0.15, 0.2) is 0 Å². The van der Waals surface area contributed by atoms with Gasteiger partial charge in [-0.2, -0.15) is 0 Å². The average Bonchev–Trinajstić information content (AvgIpc) is 2.37. The standard InChI is InChI=1S/C15H24N2O2/c1-10(2)9-14(16)15(18)17-11(3)12-5-7-13(19-4)8-6-12/h5-8,10-11,14H,9,16H2,1-4H3,(H,17,18). The minimum atomic E-state index is -0.444. The molecule has 1 rings (SSSR count). The third kappa shape index (κ3) is 4.91.